The normalized spacial score (nSPS) is 14.8. The predicted octanol–water partition coefficient (Wildman–Crippen LogP) is 26.7. The molecule has 4 N–H and O–H groups in total. The van der Waals surface area contributed by atoms with Crippen LogP contribution >= 0.6 is 15.6 Å². The number of aliphatic hydroxyl groups is 2. The maximum atomic E-state index is 13.0. The van der Waals surface area contributed by atoms with Gasteiger partial charge in [0.25, 0.3) is 0 Å². The summed E-state index contributed by atoms with van der Waals surface area (Å²) in [6.07, 6.45) is 114. The first kappa shape index (κ1) is 107. The molecule has 5 atom stereocenters. The fourth-order valence-corrected chi connectivity index (χ4v) is 12.9. The minimum Gasteiger partial charge on any atom is -0.463 e. The van der Waals surface area contributed by atoms with Gasteiger partial charge in [0.05, 0.1) is 26.4 Å². The summed E-state index contributed by atoms with van der Waals surface area (Å²) in [7, 11) is -9.83. The highest BCUT2D eigenvalue weighted by Crippen LogP contribution is 2.45. The predicted molar refractivity (Wildman–Crippen MR) is 472 cm³/mol. The molecule has 0 fully saturated rings. The first-order chi connectivity index (χ1) is 55.2. The van der Waals surface area contributed by atoms with E-state index in [1.165, 1.54) is 109 Å². The highest BCUT2D eigenvalue weighted by Gasteiger charge is 2.29. The first-order valence-corrected chi connectivity index (χ1v) is 46.7. The Hall–Kier alpha value is -5.61. The third-order valence-corrected chi connectivity index (χ3v) is 19.7. The van der Waals surface area contributed by atoms with Gasteiger partial charge in [0.2, 0.25) is 0 Å². The molecule has 0 heterocycles. The molecule has 5 unspecified atom stereocenters. The van der Waals surface area contributed by atoms with Gasteiger partial charge in [0.1, 0.15) is 25.4 Å². The lowest BCUT2D eigenvalue weighted by Gasteiger charge is -2.21. The van der Waals surface area contributed by atoms with Crippen molar-refractivity contribution < 1.29 is 75.8 Å². The van der Waals surface area contributed by atoms with Crippen molar-refractivity contribution in [2.24, 2.45) is 0 Å². The van der Waals surface area contributed by atoms with Crippen LogP contribution in [0, 0.1) is 0 Å². The lowest BCUT2D eigenvalue weighted by Crippen LogP contribution is -2.30. The summed E-state index contributed by atoms with van der Waals surface area (Å²) in [6, 6.07) is 0. The number of carbonyl (C=O) groups is 3. The van der Waals surface area contributed by atoms with Crippen LogP contribution in [0.5, 0.6) is 0 Å². The minimum atomic E-state index is -4.96. The van der Waals surface area contributed by atoms with Gasteiger partial charge in [-0.15, -0.1) is 0 Å². The van der Waals surface area contributed by atoms with Crippen molar-refractivity contribution in [2.75, 3.05) is 39.6 Å². The molecule has 0 aliphatic carbocycles. The monoisotopic (exact) mass is 1620 g/mol. The zero-order valence-corrected chi connectivity index (χ0v) is 72.3. The summed E-state index contributed by atoms with van der Waals surface area (Å²) in [6.45, 7) is 2.27. The molecular formula is C95H156O16P2. The smallest absolute Gasteiger partial charge is 0.463 e. The van der Waals surface area contributed by atoms with Gasteiger partial charge in [0.15, 0.2) is 6.10 Å². The molecule has 0 saturated heterocycles. The van der Waals surface area contributed by atoms with Crippen molar-refractivity contribution in [2.45, 2.75) is 347 Å². The van der Waals surface area contributed by atoms with Crippen molar-refractivity contribution in [1.82, 2.24) is 0 Å². The molecule has 16 nitrogen and oxygen atoms in total. The van der Waals surface area contributed by atoms with E-state index in [0.29, 0.717) is 25.7 Å². The van der Waals surface area contributed by atoms with Gasteiger partial charge < -0.3 is 34.2 Å². The largest absolute Gasteiger partial charge is 0.472 e. The Balaban J connectivity index is 4.52. The molecule has 0 aliphatic rings. The van der Waals surface area contributed by atoms with Crippen LogP contribution in [-0.4, -0.2) is 95.9 Å². The molecule has 642 valence electrons. The molecule has 0 amide bonds. The Morgan fingerprint density at radius 1 is 0.248 bits per heavy atom. The fraction of sp³-hybridized carbons (Fsp3) is 0.632. The first-order valence-electron chi connectivity index (χ1n) is 43.7. The minimum absolute atomic E-state index is 0.0189. The fourth-order valence-electron chi connectivity index (χ4n) is 11.3. The number of ether oxygens (including phenoxy) is 3. The Kier molecular flexibility index (Phi) is 81.5. The number of phosphoric ester groups is 2. The molecule has 0 bridgehead atoms. The summed E-state index contributed by atoms with van der Waals surface area (Å²) in [5.74, 6) is -1.66. The van der Waals surface area contributed by atoms with E-state index in [2.05, 4.69) is 203 Å². The number of phosphoric acid groups is 2. The van der Waals surface area contributed by atoms with Crippen LogP contribution in [0.4, 0.5) is 0 Å². The van der Waals surface area contributed by atoms with Gasteiger partial charge in [-0.1, -0.05) is 350 Å². The van der Waals surface area contributed by atoms with Crippen LogP contribution in [0.2, 0.25) is 0 Å². The second-order valence-electron chi connectivity index (χ2n) is 28.5. The van der Waals surface area contributed by atoms with E-state index in [4.69, 9.17) is 32.3 Å². The standard InChI is InChI=1S/C95H156O16P2/c1-4-7-10-13-16-19-22-25-28-31-33-35-37-39-40-41-42-43-44-45-46-47-48-50-52-53-55-58-60-63-66-69-72-75-78-81-93(98)105-84-90(96)85-107-112(101,102)108-86-91(97)87-109-113(103,104)110-89-92(111-95(100)83-80-77-74-71-68-65-62-57-30-27-24-21-18-15-12-9-6-3)88-106-94(99)82-79-76-73-70-67-64-61-59-56-54-51-49-38-36-34-32-29-26-23-20-17-14-11-8-5-2/h7-12,16-21,25-30,33-36,39-40,42-43,49,51,62,65,71,74,90-92,96-97H,4-6,13-15,22-24,31-32,37-38,41,44-48,50,52-61,63-64,66-70,72-73,75-89H2,1-3H3,(H,101,102)(H,103,104)/b10-7-,11-8-,12-9-,19-16-,20-17-,21-18-,28-25-,29-26-,30-27-,35-33-,36-34-,40-39-,43-42-,51-49-,65-62-,74-71-. The summed E-state index contributed by atoms with van der Waals surface area (Å²) in [5.41, 5.74) is 0. The van der Waals surface area contributed by atoms with Crippen molar-refractivity contribution in [1.29, 1.82) is 0 Å². The zero-order valence-electron chi connectivity index (χ0n) is 70.5. The topological polar surface area (TPSA) is 231 Å². The van der Waals surface area contributed by atoms with Crippen molar-refractivity contribution in [3.63, 3.8) is 0 Å². The van der Waals surface area contributed by atoms with Gasteiger partial charge in [0, 0.05) is 19.3 Å². The number of carbonyl (C=O) groups excluding carboxylic acids is 3. The Morgan fingerprint density at radius 3 is 0.726 bits per heavy atom. The molecule has 113 heavy (non-hydrogen) atoms. The number of unbranched alkanes of at least 4 members (excludes halogenated alkanes) is 26. The SMILES string of the molecule is CC/C=C\C/C=C\C/C=C\C/C=C\C/C=C\C/C=C\CCCCCCCCCCCCCCCCCCC(=O)OCC(O)COP(=O)(O)OCC(O)COP(=O)(O)OCC(COC(=O)CCCCCCCCCCC/C=C\C/C=C\C/C=C\C/C=C\C/C=C\CC)OC(=O)CCC/C=C\C/C=C\C/C=C\C/C=C\C/C=C\CC. The van der Waals surface area contributed by atoms with Crippen molar-refractivity contribution >= 4 is 33.6 Å². The number of hydrogen-bond acceptors (Lipinski definition) is 14. The molecule has 0 radical (unpaired) electrons. The molecule has 18 heteroatoms. The highest BCUT2D eigenvalue weighted by atomic mass is 31.2. The van der Waals surface area contributed by atoms with Gasteiger partial charge in [-0.3, -0.25) is 32.5 Å². The lowest BCUT2D eigenvalue weighted by molar-refractivity contribution is -0.161. The molecule has 0 rings (SSSR count). The van der Waals surface area contributed by atoms with Gasteiger partial charge >= 0.3 is 33.6 Å². The van der Waals surface area contributed by atoms with E-state index in [0.717, 1.165) is 154 Å². The van der Waals surface area contributed by atoms with Crippen molar-refractivity contribution in [3.05, 3.63) is 194 Å². The van der Waals surface area contributed by atoms with E-state index in [-0.39, 0.29) is 19.3 Å². The summed E-state index contributed by atoms with van der Waals surface area (Å²) in [4.78, 5) is 58.8. The molecule has 0 saturated carbocycles. The van der Waals surface area contributed by atoms with E-state index in [9.17, 15) is 43.5 Å². The average molecular weight is 1620 g/mol. The quantitative estimate of drug-likeness (QED) is 0.0146. The lowest BCUT2D eigenvalue weighted by atomic mass is 10.0. The zero-order chi connectivity index (χ0) is 82.2. The van der Waals surface area contributed by atoms with Crippen LogP contribution in [-0.2, 0) is 55.8 Å². The Bertz CT molecular complexity index is 2830. The summed E-state index contributed by atoms with van der Waals surface area (Å²) < 4.78 is 61.2. The third-order valence-electron chi connectivity index (χ3n) is 17.8. The maximum absolute atomic E-state index is 13.0. The van der Waals surface area contributed by atoms with Gasteiger partial charge in [-0.25, -0.2) is 9.13 Å². The Morgan fingerprint density at radius 2 is 0.451 bits per heavy atom. The van der Waals surface area contributed by atoms with E-state index < -0.39 is 91.5 Å². The van der Waals surface area contributed by atoms with Crippen LogP contribution in [0.25, 0.3) is 0 Å². The number of allylic oxidation sites excluding steroid dienone is 32. The average Bonchev–Trinajstić information content (AvgIpc) is 0.886. The molecular weight excluding hydrogens is 1460 g/mol. The van der Waals surface area contributed by atoms with E-state index in [1.54, 1.807) is 0 Å². The van der Waals surface area contributed by atoms with E-state index in [1.807, 2.05) is 12.2 Å². The summed E-state index contributed by atoms with van der Waals surface area (Å²) >= 11 is 0. The number of hydrogen-bond donors (Lipinski definition) is 4. The van der Waals surface area contributed by atoms with Gasteiger partial charge in [-0.05, 0) is 154 Å². The summed E-state index contributed by atoms with van der Waals surface area (Å²) in [5, 5.41) is 20.7. The molecule has 0 aliphatic heterocycles. The molecule has 0 spiro atoms. The van der Waals surface area contributed by atoms with Crippen LogP contribution in [0.3, 0.4) is 0 Å². The van der Waals surface area contributed by atoms with Gasteiger partial charge in [-0.2, -0.15) is 0 Å². The van der Waals surface area contributed by atoms with Crippen molar-refractivity contribution in [3.8, 4) is 0 Å². The number of esters is 3. The second kappa shape index (κ2) is 85.8. The Labute approximate surface area is 687 Å². The van der Waals surface area contributed by atoms with E-state index >= 15 is 0 Å². The third kappa shape index (κ3) is 87.1. The highest BCUT2D eigenvalue weighted by molar-refractivity contribution is 7.47. The van der Waals surface area contributed by atoms with Crippen LogP contribution in [0.1, 0.15) is 329 Å². The van der Waals surface area contributed by atoms with Crippen LogP contribution < -0.4 is 0 Å². The number of aliphatic hydroxyl groups excluding tert-OH is 2. The maximum Gasteiger partial charge on any atom is 0.472 e. The number of rotatable bonds is 81. The van der Waals surface area contributed by atoms with Crippen LogP contribution in [0.15, 0.2) is 194 Å². The second-order valence-corrected chi connectivity index (χ2v) is 31.5. The molecule has 0 aromatic rings. The molecule has 0 aromatic heterocycles. The molecule has 0 aromatic carbocycles.